The summed E-state index contributed by atoms with van der Waals surface area (Å²) < 4.78 is 1.76. The largest absolute Gasteiger partial charge is 0.354 e. The summed E-state index contributed by atoms with van der Waals surface area (Å²) in [6, 6.07) is 14.3. The molecule has 0 bridgehead atoms. The van der Waals surface area contributed by atoms with E-state index < -0.39 is 16.9 Å². The summed E-state index contributed by atoms with van der Waals surface area (Å²) in [4.78, 5) is 34.7. The van der Waals surface area contributed by atoms with E-state index in [-0.39, 0.29) is 17.2 Å². The lowest BCUT2D eigenvalue weighted by atomic mass is 10.1. The van der Waals surface area contributed by atoms with E-state index >= 15 is 0 Å². The minimum absolute atomic E-state index is 0.122. The first-order valence-electron chi connectivity index (χ1n) is 9.36. The highest BCUT2D eigenvalue weighted by Gasteiger charge is 2.18. The molecule has 1 atom stereocenters. The maximum atomic E-state index is 12.2. The third-order valence-corrected chi connectivity index (χ3v) is 4.43. The van der Waals surface area contributed by atoms with Crippen LogP contribution < -0.4 is 10.6 Å². The molecule has 1 unspecified atom stereocenters. The van der Waals surface area contributed by atoms with Crippen molar-refractivity contribution in [3.05, 3.63) is 88.2 Å². The maximum absolute atomic E-state index is 12.2. The zero-order valence-electron chi connectivity index (χ0n) is 16.3. The summed E-state index contributed by atoms with van der Waals surface area (Å²) in [5.41, 5.74) is 1.85. The van der Waals surface area contributed by atoms with Gasteiger partial charge in [0.05, 0.1) is 16.8 Å². The third kappa shape index (κ3) is 5.28. The molecule has 0 aliphatic rings. The van der Waals surface area contributed by atoms with E-state index in [0.717, 1.165) is 11.3 Å². The van der Waals surface area contributed by atoms with Gasteiger partial charge in [0.25, 0.3) is 11.6 Å². The van der Waals surface area contributed by atoms with Crippen molar-refractivity contribution in [1.29, 1.82) is 0 Å². The Balaban J connectivity index is 1.48. The molecular weight excluding hydrogens is 386 g/mol. The summed E-state index contributed by atoms with van der Waals surface area (Å²) in [5, 5.41) is 20.5. The second-order valence-corrected chi connectivity index (χ2v) is 6.67. The number of amides is 2. The molecule has 0 spiro atoms. The minimum Gasteiger partial charge on any atom is -0.354 e. The molecule has 2 aromatic carbocycles. The molecule has 2 N–H and O–H groups in total. The molecule has 2 amide bonds. The van der Waals surface area contributed by atoms with Gasteiger partial charge in [0.2, 0.25) is 5.91 Å². The fraction of sp³-hybridized carbons (Fsp3) is 0.190. The first kappa shape index (κ1) is 20.7. The molecule has 30 heavy (non-hydrogen) atoms. The quantitative estimate of drug-likeness (QED) is 0.438. The monoisotopic (exact) mass is 407 g/mol. The van der Waals surface area contributed by atoms with Gasteiger partial charge in [-0.2, -0.15) is 5.10 Å². The number of benzene rings is 2. The van der Waals surface area contributed by atoms with Gasteiger partial charge >= 0.3 is 0 Å². The number of carbonyl (C=O) groups excluding carboxylic acids is 2. The Kier molecular flexibility index (Phi) is 6.53. The molecule has 0 fully saturated rings. The number of para-hydroxylation sites is 1. The van der Waals surface area contributed by atoms with Gasteiger partial charge in [0, 0.05) is 30.4 Å². The van der Waals surface area contributed by atoms with Gasteiger partial charge in [-0.05, 0) is 37.1 Å². The maximum Gasteiger partial charge on any atom is 0.270 e. The fourth-order valence-electron chi connectivity index (χ4n) is 2.80. The van der Waals surface area contributed by atoms with Crippen LogP contribution >= 0.6 is 0 Å². The van der Waals surface area contributed by atoms with Crippen molar-refractivity contribution in [2.75, 3.05) is 6.54 Å². The van der Waals surface area contributed by atoms with Gasteiger partial charge in [0.1, 0.15) is 6.04 Å². The van der Waals surface area contributed by atoms with Crippen LogP contribution in [0, 0.1) is 10.1 Å². The molecule has 3 aromatic rings. The average Bonchev–Trinajstić information content (AvgIpc) is 3.23. The van der Waals surface area contributed by atoms with E-state index in [4.69, 9.17) is 0 Å². The molecule has 9 heteroatoms. The summed E-state index contributed by atoms with van der Waals surface area (Å²) in [6.07, 6.45) is 4.23. The van der Waals surface area contributed by atoms with Crippen LogP contribution in [0.25, 0.3) is 5.69 Å². The molecule has 1 heterocycles. The first-order valence-corrected chi connectivity index (χ1v) is 9.36. The van der Waals surface area contributed by atoms with Gasteiger partial charge in [-0.25, -0.2) is 4.68 Å². The highest BCUT2D eigenvalue weighted by atomic mass is 16.6. The molecule has 0 aliphatic carbocycles. The number of nitro benzene ring substituents is 1. The Morgan fingerprint density at radius 2 is 1.93 bits per heavy atom. The molecule has 0 aliphatic heterocycles. The lowest BCUT2D eigenvalue weighted by Gasteiger charge is -2.14. The van der Waals surface area contributed by atoms with Crippen molar-refractivity contribution in [3.63, 3.8) is 0 Å². The van der Waals surface area contributed by atoms with E-state index in [1.165, 1.54) is 24.3 Å². The number of rotatable bonds is 8. The third-order valence-electron chi connectivity index (χ3n) is 4.43. The van der Waals surface area contributed by atoms with Gasteiger partial charge in [0.15, 0.2) is 0 Å². The Labute approximate surface area is 172 Å². The van der Waals surface area contributed by atoms with Crippen molar-refractivity contribution in [3.8, 4) is 5.69 Å². The first-order chi connectivity index (χ1) is 14.4. The van der Waals surface area contributed by atoms with Crippen molar-refractivity contribution >= 4 is 17.5 Å². The topological polar surface area (TPSA) is 119 Å². The summed E-state index contributed by atoms with van der Waals surface area (Å²) in [7, 11) is 0. The summed E-state index contributed by atoms with van der Waals surface area (Å²) >= 11 is 0. The predicted octanol–water partition coefficient (Wildman–Crippen LogP) is 2.26. The summed E-state index contributed by atoms with van der Waals surface area (Å²) in [6.45, 7) is 1.94. The van der Waals surface area contributed by atoms with Gasteiger partial charge < -0.3 is 10.6 Å². The molecule has 0 saturated heterocycles. The van der Waals surface area contributed by atoms with Gasteiger partial charge in [-0.3, -0.25) is 19.7 Å². The molecule has 1 aromatic heterocycles. The van der Waals surface area contributed by atoms with Crippen LogP contribution in [0.5, 0.6) is 0 Å². The van der Waals surface area contributed by atoms with Gasteiger partial charge in [-0.15, -0.1) is 0 Å². The Morgan fingerprint density at radius 3 is 2.67 bits per heavy atom. The zero-order chi connectivity index (χ0) is 21.5. The number of non-ortho nitro benzene ring substituents is 1. The van der Waals surface area contributed by atoms with Crippen LogP contribution in [0.2, 0.25) is 0 Å². The van der Waals surface area contributed by atoms with E-state index in [9.17, 15) is 19.7 Å². The lowest BCUT2D eigenvalue weighted by Crippen LogP contribution is -2.45. The van der Waals surface area contributed by atoms with Crippen LogP contribution in [-0.2, 0) is 11.2 Å². The van der Waals surface area contributed by atoms with E-state index in [0.29, 0.717) is 13.0 Å². The number of aromatic nitrogens is 2. The number of nitro groups is 1. The normalized spacial score (nSPS) is 11.5. The Morgan fingerprint density at radius 1 is 1.17 bits per heavy atom. The van der Waals surface area contributed by atoms with Crippen LogP contribution in [0.3, 0.4) is 0 Å². The van der Waals surface area contributed by atoms with Crippen molar-refractivity contribution in [2.24, 2.45) is 0 Å². The van der Waals surface area contributed by atoms with Crippen LogP contribution in [0.4, 0.5) is 5.69 Å². The number of carbonyl (C=O) groups is 2. The Hall–Kier alpha value is -4.01. The smallest absolute Gasteiger partial charge is 0.270 e. The van der Waals surface area contributed by atoms with E-state index in [1.54, 1.807) is 17.8 Å². The van der Waals surface area contributed by atoms with Crippen LogP contribution in [0.1, 0.15) is 22.8 Å². The molecule has 3 rings (SSSR count). The molecule has 0 radical (unpaired) electrons. The molecular formula is C21H21N5O4. The standard InChI is InChI=1S/C21H21N5O4/c1-15(24-21(28)17-6-5-9-19(12-17)26(29)30)20(27)22-11-10-16-13-23-25(14-16)18-7-3-2-4-8-18/h2-9,12-15H,10-11H2,1H3,(H,22,27)(H,24,28). The number of nitrogens with zero attached hydrogens (tertiary/aromatic N) is 3. The van der Waals surface area contributed by atoms with Crippen LogP contribution in [0.15, 0.2) is 67.0 Å². The highest BCUT2D eigenvalue weighted by Crippen LogP contribution is 2.13. The SMILES string of the molecule is CC(NC(=O)c1cccc([N+](=O)[O-])c1)C(=O)NCCc1cnn(-c2ccccc2)c1. The highest BCUT2D eigenvalue weighted by molar-refractivity contribution is 5.97. The van der Waals surface area contributed by atoms with Crippen LogP contribution in [-0.4, -0.2) is 39.1 Å². The molecule has 9 nitrogen and oxygen atoms in total. The van der Waals surface area contributed by atoms with E-state index in [2.05, 4.69) is 15.7 Å². The van der Waals surface area contributed by atoms with Crippen molar-refractivity contribution in [1.82, 2.24) is 20.4 Å². The van der Waals surface area contributed by atoms with E-state index in [1.807, 2.05) is 36.5 Å². The zero-order valence-corrected chi connectivity index (χ0v) is 16.3. The fourth-order valence-corrected chi connectivity index (χ4v) is 2.80. The molecule has 0 saturated carbocycles. The van der Waals surface area contributed by atoms with Crippen molar-refractivity contribution < 1.29 is 14.5 Å². The second kappa shape index (κ2) is 9.46. The summed E-state index contributed by atoms with van der Waals surface area (Å²) in [5.74, 6) is -0.894. The average molecular weight is 407 g/mol. The lowest BCUT2D eigenvalue weighted by molar-refractivity contribution is -0.384. The number of hydrogen-bond donors (Lipinski definition) is 2. The predicted molar refractivity (Wildman–Crippen MR) is 110 cm³/mol. The number of hydrogen-bond acceptors (Lipinski definition) is 5. The molecule has 154 valence electrons. The van der Waals surface area contributed by atoms with Crippen molar-refractivity contribution in [2.45, 2.75) is 19.4 Å². The number of nitrogens with one attached hydrogen (secondary N) is 2. The van der Waals surface area contributed by atoms with Gasteiger partial charge in [-0.1, -0.05) is 24.3 Å². The second-order valence-electron chi connectivity index (χ2n) is 6.67. The Bertz CT molecular complexity index is 1050. The minimum atomic E-state index is -0.788.